The molecule has 0 fully saturated rings. The third-order valence-corrected chi connectivity index (χ3v) is 5.85. The van der Waals surface area contributed by atoms with E-state index in [1.165, 1.54) is 6.07 Å². The normalized spacial score (nSPS) is 13.0. The average molecular weight is 368 g/mol. The Morgan fingerprint density at radius 2 is 1.83 bits per heavy atom. The summed E-state index contributed by atoms with van der Waals surface area (Å²) in [6.07, 6.45) is 1.21. The molecule has 0 heterocycles. The van der Waals surface area contributed by atoms with E-state index in [4.69, 9.17) is 11.6 Å². The minimum Gasteiger partial charge on any atom is -0.396 e. The maximum absolute atomic E-state index is 12.4. The van der Waals surface area contributed by atoms with Gasteiger partial charge in [0.2, 0.25) is 10.0 Å². The second kappa shape index (κ2) is 8.62. The molecule has 4 nitrogen and oxygen atoms in total. The topological polar surface area (TPSA) is 66.4 Å². The Bertz CT molecular complexity index is 763. The molecule has 2 rings (SSSR count). The molecule has 1 unspecified atom stereocenters. The minimum absolute atomic E-state index is 0.0693. The van der Waals surface area contributed by atoms with Crippen LogP contribution >= 0.6 is 11.6 Å². The van der Waals surface area contributed by atoms with Gasteiger partial charge < -0.3 is 5.11 Å². The summed E-state index contributed by atoms with van der Waals surface area (Å²) < 4.78 is 27.3. The van der Waals surface area contributed by atoms with Crippen molar-refractivity contribution in [2.45, 2.75) is 30.6 Å². The summed E-state index contributed by atoms with van der Waals surface area (Å²) in [5.74, 6) is 0.112. The van der Waals surface area contributed by atoms with Crippen molar-refractivity contribution in [3.63, 3.8) is 0 Å². The first-order valence-electron chi connectivity index (χ1n) is 7.85. The van der Waals surface area contributed by atoms with Gasteiger partial charge >= 0.3 is 0 Å². The molecule has 0 bridgehead atoms. The third-order valence-electron chi connectivity index (χ3n) is 3.99. The Balaban J connectivity index is 2.01. The highest BCUT2D eigenvalue weighted by molar-refractivity contribution is 7.89. The van der Waals surface area contributed by atoms with Gasteiger partial charge in [0.1, 0.15) is 0 Å². The highest BCUT2D eigenvalue weighted by Gasteiger charge is 2.17. The van der Waals surface area contributed by atoms with E-state index in [0.29, 0.717) is 24.4 Å². The summed E-state index contributed by atoms with van der Waals surface area (Å²) >= 11 is 6.01. The monoisotopic (exact) mass is 367 g/mol. The molecule has 0 aromatic heterocycles. The quantitative estimate of drug-likeness (QED) is 0.750. The fraction of sp³-hybridized carbons (Fsp3) is 0.333. The van der Waals surface area contributed by atoms with E-state index in [2.05, 4.69) is 4.72 Å². The molecular formula is C18H22ClNO3S. The SMILES string of the molecule is Cc1ccc(S(=O)(=O)NCCC(CCO)c2ccccc2)cc1Cl. The standard InChI is InChI=1S/C18H22ClNO3S/c1-14-7-8-17(13-18(14)19)24(22,23)20-11-9-16(10-12-21)15-5-3-2-4-6-15/h2-8,13,16,20-21H,9-12H2,1H3. The number of benzene rings is 2. The van der Waals surface area contributed by atoms with E-state index in [0.717, 1.165) is 11.1 Å². The van der Waals surface area contributed by atoms with E-state index >= 15 is 0 Å². The van der Waals surface area contributed by atoms with Crippen LogP contribution in [0.25, 0.3) is 0 Å². The van der Waals surface area contributed by atoms with Gasteiger partial charge in [-0.1, -0.05) is 48.0 Å². The van der Waals surface area contributed by atoms with Gasteiger partial charge in [-0.3, -0.25) is 0 Å². The van der Waals surface area contributed by atoms with E-state index in [1.807, 2.05) is 37.3 Å². The number of hydrogen-bond donors (Lipinski definition) is 2. The molecule has 0 amide bonds. The zero-order valence-corrected chi connectivity index (χ0v) is 15.1. The van der Waals surface area contributed by atoms with Crippen molar-refractivity contribution >= 4 is 21.6 Å². The van der Waals surface area contributed by atoms with Crippen LogP contribution in [-0.2, 0) is 10.0 Å². The van der Waals surface area contributed by atoms with Gasteiger partial charge in [0.25, 0.3) is 0 Å². The molecule has 2 aromatic carbocycles. The van der Waals surface area contributed by atoms with Crippen LogP contribution in [0.4, 0.5) is 0 Å². The minimum atomic E-state index is -3.59. The number of aliphatic hydroxyl groups is 1. The van der Waals surface area contributed by atoms with Crippen LogP contribution in [0.3, 0.4) is 0 Å². The summed E-state index contributed by atoms with van der Waals surface area (Å²) in [6.45, 7) is 2.19. The second-order valence-corrected chi connectivity index (χ2v) is 7.89. The number of nitrogens with one attached hydrogen (secondary N) is 1. The van der Waals surface area contributed by atoms with Gasteiger partial charge in [-0.25, -0.2) is 13.1 Å². The molecule has 1 atom stereocenters. The van der Waals surface area contributed by atoms with Gasteiger partial charge in [-0.2, -0.15) is 0 Å². The highest BCUT2D eigenvalue weighted by atomic mass is 35.5. The summed E-state index contributed by atoms with van der Waals surface area (Å²) in [5, 5.41) is 9.67. The lowest BCUT2D eigenvalue weighted by Crippen LogP contribution is -2.26. The number of halogens is 1. The van der Waals surface area contributed by atoms with Crippen molar-refractivity contribution in [3.05, 3.63) is 64.7 Å². The van der Waals surface area contributed by atoms with Crippen LogP contribution in [-0.4, -0.2) is 26.7 Å². The molecule has 0 aliphatic rings. The fourth-order valence-electron chi connectivity index (χ4n) is 2.55. The summed E-state index contributed by atoms with van der Waals surface area (Å²) in [5.41, 5.74) is 1.94. The van der Waals surface area contributed by atoms with Crippen LogP contribution in [0, 0.1) is 6.92 Å². The van der Waals surface area contributed by atoms with Crippen molar-refractivity contribution in [2.24, 2.45) is 0 Å². The first kappa shape index (κ1) is 18.9. The third kappa shape index (κ3) is 5.05. The zero-order valence-electron chi connectivity index (χ0n) is 13.6. The van der Waals surface area contributed by atoms with Gasteiger partial charge in [-0.05, 0) is 48.9 Å². The smallest absolute Gasteiger partial charge is 0.240 e. The molecule has 2 N–H and O–H groups in total. The van der Waals surface area contributed by atoms with Crippen LogP contribution in [0.1, 0.15) is 29.9 Å². The molecule has 130 valence electrons. The molecule has 24 heavy (non-hydrogen) atoms. The Morgan fingerprint density at radius 3 is 2.46 bits per heavy atom. The Hall–Kier alpha value is -1.40. The average Bonchev–Trinajstić information content (AvgIpc) is 2.57. The lowest BCUT2D eigenvalue weighted by Gasteiger charge is -2.17. The number of hydrogen-bond acceptors (Lipinski definition) is 3. The molecule has 2 aromatic rings. The zero-order chi connectivity index (χ0) is 17.6. The van der Waals surface area contributed by atoms with E-state index in [1.54, 1.807) is 12.1 Å². The molecule has 0 aliphatic heterocycles. The van der Waals surface area contributed by atoms with Crippen molar-refractivity contribution in [3.8, 4) is 0 Å². The lowest BCUT2D eigenvalue weighted by molar-refractivity contribution is 0.273. The largest absolute Gasteiger partial charge is 0.396 e. The number of sulfonamides is 1. The van der Waals surface area contributed by atoms with E-state index in [9.17, 15) is 13.5 Å². The Labute approximate surface area is 148 Å². The van der Waals surface area contributed by atoms with Gasteiger partial charge in [0, 0.05) is 18.2 Å². The maximum Gasteiger partial charge on any atom is 0.240 e. The number of rotatable bonds is 8. The van der Waals surface area contributed by atoms with Crippen molar-refractivity contribution < 1.29 is 13.5 Å². The Morgan fingerprint density at radius 1 is 1.12 bits per heavy atom. The molecule has 0 spiro atoms. The molecule has 0 saturated heterocycles. The molecular weight excluding hydrogens is 346 g/mol. The lowest BCUT2D eigenvalue weighted by atomic mass is 9.93. The van der Waals surface area contributed by atoms with Crippen LogP contribution < -0.4 is 4.72 Å². The van der Waals surface area contributed by atoms with Crippen LogP contribution in [0.5, 0.6) is 0 Å². The van der Waals surface area contributed by atoms with Crippen LogP contribution in [0.2, 0.25) is 5.02 Å². The van der Waals surface area contributed by atoms with Crippen molar-refractivity contribution in [2.75, 3.05) is 13.2 Å². The van der Waals surface area contributed by atoms with Gasteiger partial charge in [0.05, 0.1) is 4.90 Å². The summed E-state index contributed by atoms with van der Waals surface area (Å²) in [7, 11) is -3.59. The fourth-order valence-corrected chi connectivity index (χ4v) is 3.87. The first-order chi connectivity index (χ1) is 11.4. The molecule has 0 radical (unpaired) electrons. The van der Waals surface area contributed by atoms with Crippen LogP contribution in [0.15, 0.2) is 53.4 Å². The van der Waals surface area contributed by atoms with Crippen molar-refractivity contribution in [1.29, 1.82) is 0 Å². The Kier molecular flexibility index (Phi) is 6.80. The predicted molar refractivity (Wildman–Crippen MR) is 96.9 cm³/mol. The van der Waals surface area contributed by atoms with E-state index in [-0.39, 0.29) is 17.4 Å². The number of aliphatic hydroxyl groups excluding tert-OH is 1. The number of aryl methyl sites for hydroxylation is 1. The predicted octanol–water partition coefficient (Wildman–Crippen LogP) is 3.48. The first-order valence-corrected chi connectivity index (χ1v) is 9.72. The molecule has 0 aliphatic carbocycles. The molecule has 6 heteroatoms. The molecule has 0 saturated carbocycles. The maximum atomic E-state index is 12.4. The van der Waals surface area contributed by atoms with E-state index < -0.39 is 10.0 Å². The second-order valence-electron chi connectivity index (χ2n) is 5.72. The van der Waals surface area contributed by atoms with Gasteiger partial charge in [0.15, 0.2) is 0 Å². The van der Waals surface area contributed by atoms with Gasteiger partial charge in [-0.15, -0.1) is 0 Å². The van der Waals surface area contributed by atoms with Crippen molar-refractivity contribution in [1.82, 2.24) is 4.72 Å². The summed E-state index contributed by atoms with van der Waals surface area (Å²) in [4.78, 5) is 0.163. The highest BCUT2D eigenvalue weighted by Crippen LogP contribution is 2.23. The summed E-state index contributed by atoms with van der Waals surface area (Å²) in [6, 6.07) is 14.5.